The zero-order valence-electron chi connectivity index (χ0n) is 9.67. The molecule has 2 aliphatic rings. The van der Waals surface area contributed by atoms with Crippen molar-refractivity contribution in [2.45, 2.75) is 37.5 Å². The van der Waals surface area contributed by atoms with Crippen molar-refractivity contribution in [2.24, 2.45) is 0 Å². The molecule has 1 aromatic rings. The Bertz CT molecular complexity index is 451. The van der Waals surface area contributed by atoms with Gasteiger partial charge in [0.15, 0.2) is 0 Å². The van der Waals surface area contributed by atoms with E-state index in [9.17, 15) is 0 Å². The Morgan fingerprint density at radius 2 is 2.24 bits per heavy atom. The minimum atomic E-state index is -0.195. The minimum Gasteiger partial charge on any atom is -0.364 e. The van der Waals surface area contributed by atoms with Crippen molar-refractivity contribution < 1.29 is 4.74 Å². The van der Waals surface area contributed by atoms with Crippen LogP contribution in [0, 0.1) is 0 Å². The van der Waals surface area contributed by atoms with Crippen molar-refractivity contribution in [3.63, 3.8) is 0 Å². The lowest BCUT2D eigenvalue weighted by molar-refractivity contribution is -0.0639. The van der Waals surface area contributed by atoms with Gasteiger partial charge in [0, 0.05) is 12.6 Å². The molecule has 17 heavy (non-hydrogen) atoms. The van der Waals surface area contributed by atoms with E-state index in [1.165, 1.54) is 0 Å². The highest BCUT2D eigenvalue weighted by Crippen LogP contribution is 2.45. The third-order valence-corrected chi connectivity index (χ3v) is 4.61. The number of ether oxygens (including phenoxy) is 1. The number of morpholine rings is 1. The van der Waals surface area contributed by atoms with Crippen LogP contribution in [0.25, 0.3) is 0 Å². The van der Waals surface area contributed by atoms with E-state index in [2.05, 4.69) is 12.2 Å². The van der Waals surface area contributed by atoms with Crippen molar-refractivity contribution in [3.05, 3.63) is 33.8 Å². The van der Waals surface area contributed by atoms with Crippen molar-refractivity contribution in [1.82, 2.24) is 5.32 Å². The lowest BCUT2D eigenvalue weighted by atomic mass is 9.93. The number of nitrogens with one attached hydrogen (secondary N) is 1. The average molecular weight is 272 g/mol. The van der Waals surface area contributed by atoms with Crippen LogP contribution in [0.2, 0.25) is 10.0 Å². The summed E-state index contributed by atoms with van der Waals surface area (Å²) in [5.41, 5.74) is 0.942. The molecule has 3 unspecified atom stereocenters. The Morgan fingerprint density at radius 1 is 1.41 bits per heavy atom. The second kappa shape index (κ2) is 4.13. The van der Waals surface area contributed by atoms with Gasteiger partial charge in [-0.05, 0) is 30.5 Å². The van der Waals surface area contributed by atoms with Crippen molar-refractivity contribution >= 4 is 23.2 Å². The van der Waals surface area contributed by atoms with Crippen molar-refractivity contribution in [2.75, 3.05) is 6.54 Å². The van der Waals surface area contributed by atoms with Crippen LogP contribution in [0.5, 0.6) is 0 Å². The molecular weight excluding hydrogens is 257 g/mol. The zero-order valence-corrected chi connectivity index (χ0v) is 11.2. The summed E-state index contributed by atoms with van der Waals surface area (Å²) in [6, 6.07) is 6.29. The number of hydrogen-bond donors (Lipinski definition) is 1. The van der Waals surface area contributed by atoms with Gasteiger partial charge in [0.1, 0.15) is 5.60 Å². The lowest BCUT2D eigenvalue weighted by Crippen LogP contribution is -2.43. The predicted molar refractivity (Wildman–Crippen MR) is 69.7 cm³/mol. The molecule has 3 rings (SSSR count). The molecule has 0 amide bonds. The van der Waals surface area contributed by atoms with Crippen molar-refractivity contribution in [3.8, 4) is 0 Å². The fraction of sp³-hybridized carbons (Fsp3) is 0.538. The van der Waals surface area contributed by atoms with Crippen LogP contribution < -0.4 is 5.32 Å². The number of benzene rings is 1. The first-order valence-electron chi connectivity index (χ1n) is 6.01. The van der Waals surface area contributed by atoms with Crippen molar-refractivity contribution in [1.29, 1.82) is 0 Å². The second-order valence-electron chi connectivity index (χ2n) is 4.88. The molecule has 2 bridgehead atoms. The molecule has 2 nitrogen and oxygen atoms in total. The molecule has 2 heterocycles. The van der Waals surface area contributed by atoms with Crippen LogP contribution >= 0.6 is 23.2 Å². The Balaban J connectivity index is 1.96. The van der Waals surface area contributed by atoms with Crippen LogP contribution in [0.15, 0.2) is 18.2 Å². The van der Waals surface area contributed by atoms with E-state index >= 15 is 0 Å². The molecule has 4 heteroatoms. The van der Waals surface area contributed by atoms with Gasteiger partial charge in [-0.2, -0.15) is 0 Å². The molecule has 0 radical (unpaired) electrons. The molecular formula is C13H15Cl2NO. The van der Waals surface area contributed by atoms with E-state index in [0.717, 1.165) is 24.9 Å². The highest BCUT2D eigenvalue weighted by molar-refractivity contribution is 6.42. The van der Waals surface area contributed by atoms with Crippen LogP contribution in [-0.2, 0) is 10.3 Å². The van der Waals surface area contributed by atoms with Gasteiger partial charge in [-0.1, -0.05) is 36.2 Å². The molecule has 3 atom stereocenters. The molecule has 1 N–H and O–H groups in total. The standard InChI is InChI=1S/C13H15Cl2NO/c1-2-12-11-6-13(17-12,7-16-11)8-3-4-9(14)10(15)5-8/h3-5,11-12,16H,2,6-7H2,1H3. The van der Waals surface area contributed by atoms with Crippen LogP contribution in [0.1, 0.15) is 25.3 Å². The minimum absolute atomic E-state index is 0.195. The van der Waals surface area contributed by atoms with E-state index in [-0.39, 0.29) is 5.60 Å². The summed E-state index contributed by atoms with van der Waals surface area (Å²) in [6.45, 7) is 3.03. The highest BCUT2D eigenvalue weighted by Gasteiger charge is 2.52. The Hall–Kier alpha value is -0.280. The molecule has 1 aromatic carbocycles. The maximum absolute atomic E-state index is 6.21. The maximum Gasteiger partial charge on any atom is 0.108 e. The maximum atomic E-state index is 6.21. The van der Waals surface area contributed by atoms with Gasteiger partial charge in [-0.3, -0.25) is 0 Å². The first kappa shape index (κ1) is 11.8. The molecule has 2 saturated heterocycles. The fourth-order valence-corrected chi connectivity index (χ4v) is 3.25. The lowest BCUT2D eigenvalue weighted by Gasteiger charge is -2.31. The number of fused-ring (bicyclic) bond motifs is 2. The normalized spacial score (nSPS) is 35.5. The predicted octanol–water partition coefficient (Wildman–Crippen LogP) is 3.36. The number of rotatable bonds is 2. The molecule has 92 valence electrons. The monoisotopic (exact) mass is 271 g/mol. The Labute approximate surface area is 111 Å². The van der Waals surface area contributed by atoms with E-state index < -0.39 is 0 Å². The summed E-state index contributed by atoms with van der Waals surface area (Å²) in [5.74, 6) is 0. The first-order chi connectivity index (χ1) is 8.14. The van der Waals surface area contributed by atoms with Gasteiger partial charge in [-0.15, -0.1) is 0 Å². The smallest absolute Gasteiger partial charge is 0.108 e. The Kier molecular flexibility index (Phi) is 2.86. The SMILES string of the molecule is CCC1OC2(c3ccc(Cl)c(Cl)c3)CNC1C2. The summed E-state index contributed by atoms with van der Waals surface area (Å²) >= 11 is 12.0. The first-order valence-corrected chi connectivity index (χ1v) is 6.77. The highest BCUT2D eigenvalue weighted by atomic mass is 35.5. The number of halogens is 2. The van der Waals surface area contributed by atoms with E-state index in [4.69, 9.17) is 27.9 Å². The fourth-order valence-electron chi connectivity index (χ4n) is 2.96. The van der Waals surface area contributed by atoms with Gasteiger partial charge in [-0.25, -0.2) is 0 Å². The molecule has 2 fully saturated rings. The van der Waals surface area contributed by atoms with Gasteiger partial charge in [0.05, 0.1) is 16.1 Å². The third kappa shape index (κ3) is 1.78. The third-order valence-electron chi connectivity index (χ3n) is 3.87. The van der Waals surface area contributed by atoms with Gasteiger partial charge in [0.2, 0.25) is 0 Å². The van der Waals surface area contributed by atoms with Crippen LogP contribution in [-0.4, -0.2) is 18.7 Å². The summed E-state index contributed by atoms with van der Waals surface area (Å²) in [5, 5.41) is 4.73. The summed E-state index contributed by atoms with van der Waals surface area (Å²) in [6.07, 6.45) is 2.39. The summed E-state index contributed by atoms with van der Waals surface area (Å²) in [4.78, 5) is 0. The average Bonchev–Trinajstić information content (AvgIpc) is 2.91. The zero-order chi connectivity index (χ0) is 12.0. The molecule has 0 saturated carbocycles. The summed E-state index contributed by atoms with van der Waals surface area (Å²) in [7, 11) is 0. The largest absolute Gasteiger partial charge is 0.364 e. The second-order valence-corrected chi connectivity index (χ2v) is 5.69. The quantitative estimate of drug-likeness (QED) is 0.891. The van der Waals surface area contributed by atoms with Gasteiger partial charge >= 0.3 is 0 Å². The van der Waals surface area contributed by atoms with E-state index in [1.54, 1.807) is 0 Å². The van der Waals surface area contributed by atoms with Crippen LogP contribution in [0.3, 0.4) is 0 Å². The van der Waals surface area contributed by atoms with Gasteiger partial charge < -0.3 is 10.1 Å². The van der Waals surface area contributed by atoms with Gasteiger partial charge in [0.25, 0.3) is 0 Å². The van der Waals surface area contributed by atoms with E-state index in [1.807, 2.05) is 18.2 Å². The molecule has 0 aromatic heterocycles. The Morgan fingerprint density at radius 3 is 2.88 bits per heavy atom. The number of hydrogen-bond acceptors (Lipinski definition) is 2. The van der Waals surface area contributed by atoms with Crippen LogP contribution in [0.4, 0.5) is 0 Å². The molecule has 2 aliphatic heterocycles. The summed E-state index contributed by atoms with van der Waals surface area (Å²) < 4.78 is 6.21. The van der Waals surface area contributed by atoms with E-state index in [0.29, 0.717) is 22.2 Å². The topological polar surface area (TPSA) is 21.3 Å². The molecule has 0 aliphatic carbocycles. The molecule has 0 spiro atoms.